The number of phenols is 1. The first kappa shape index (κ1) is 15.0. The van der Waals surface area contributed by atoms with Crippen molar-refractivity contribution in [1.29, 1.82) is 0 Å². The van der Waals surface area contributed by atoms with Gasteiger partial charge in [-0.05, 0) is 24.6 Å². The minimum Gasteiger partial charge on any atom is -0.508 e. The maximum absolute atomic E-state index is 11.8. The van der Waals surface area contributed by atoms with Crippen molar-refractivity contribution < 1.29 is 24.5 Å². The highest BCUT2D eigenvalue weighted by Crippen LogP contribution is 2.11. The van der Waals surface area contributed by atoms with Crippen molar-refractivity contribution in [2.24, 2.45) is 0 Å². The Bertz CT molecular complexity index is 457. The average Bonchev–Trinajstić information content (AvgIpc) is 2.32. The van der Waals surface area contributed by atoms with Gasteiger partial charge in [0.1, 0.15) is 5.75 Å². The summed E-state index contributed by atoms with van der Waals surface area (Å²) in [6, 6.07) is 6.13. The van der Waals surface area contributed by atoms with Crippen LogP contribution >= 0.6 is 0 Å². The lowest BCUT2D eigenvalue weighted by molar-refractivity contribution is -0.149. The number of carboxylic acid groups (broad SMARTS) is 1. The van der Waals surface area contributed by atoms with E-state index in [0.29, 0.717) is 5.56 Å². The normalized spacial score (nSPS) is 13.6. The molecule has 6 heteroatoms. The van der Waals surface area contributed by atoms with Gasteiger partial charge in [-0.25, -0.2) is 4.79 Å². The van der Waals surface area contributed by atoms with Crippen LogP contribution in [0.25, 0.3) is 0 Å². The Labute approximate surface area is 111 Å². The van der Waals surface area contributed by atoms with E-state index >= 15 is 0 Å². The Morgan fingerprint density at radius 2 is 1.89 bits per heavy atom. The molecular formula is C13H17NO5. The van der Waals surface area contributed by atoms with Gasteiger partial charge < -0.3 is 20.3 Å². The predicted molar refractivity (Wildman–Crippen MR) is 67.9 cm³/mol. The Kier molecular flexibility index (Phi) is 4.88. The van der Waals surface area contributed by atoms with Gasteiger partial charge >= 0.3 is 5.97 Å². The molecule has 3 N–H and O–H groups in total. The molecule has 0 saturated heterocycles. The fourth-order valence-electron chi connectivity index (χ4n) is 1.59. The number of carbonyl (C=O) groups is 2. The minimum absolute atomic E-state index is 0.0346. The van der Waals surface area contributed by atoms with Crippen molar-refractivity contribution in [2.75, 3.05) is 13.7 Å². The molecule has 1 amide bonds. The van der Waals surface area contributed by atoms with Gasteiger partial charge in [-0.15, -0.1) is 0 Å². The fraction of sp³-hybridized carbons (Fsp3) is 0.385. The molecule has 0 radical (unpaired) electrons. The number of carboxylic acids is 1. The summed E-state index contributed by atoms with van der Waals surface area (Å²) in [4.78, 5) is 22.9. The molecule has 19 heavy (non-hydrogen) atoms. The first-order valence-electron chi connectivity index (χ1n) is 5.68. The second kappa shape index (κ2) is 6.19. The van der Waals surface area contributed by atoms with Crippen molar-refractivity contribution in [3.8, 4) is 5.75 Å². The van der Waals surface area contributed by atoms with Crippen LogP contribution < -0.4 is 5.32 Å². The number of aliphatic carboxylic acids is 1. The Balaban J connectivity index is 2.68. The quantitative estimate of drug-likeness (QED) is 0.699. The molecule has 0 aliphatic heterocycles. The highest BCUT2D eigenvalue weighted by atomic mass is 16.5. The molecule has 6 nitrogen and oxygen atoms in total. The largest absolute Gasteiger partial charge is 0.508 e. The van der Waals surface area contributed by atoms with E-state index in [-0.39, 0.29) is 18.8 Å². The monoisotopic (exact) mass is 267 g/mol. The van der Waals surface area contributed by atoms with Gasteiger partial charge in [0.2, 0.25) is 5.91 Å². The summed E-state index contributed by atoms with van der Waals surface area (Å²) in [5.41, 5.74) is -0.775. The van der Waals surface area contributed by atoms with Crippen molar-refractivity contribution >= 4 is 11.9 Å². The van der Waals surface area contributed by atoms with E-state index in [4.69, 9.17) is 14.9 Å². The molecule has 1 aromatic rings. The van der Waals surface area contributed by atoms with Crippen LogP contribution in [0.5, 0.6) is 5.75 Å². The molecule has 0 aliphatic carbocycles. The molecule has 104 valence electrons. The van der Waals surface area contributed by atoms with Crippen LogP contribution in [-0.4, -0.2) is 41.3 Å². The van der Waals surface area contributed by atoms with Gasteiger partial charge in [0.25, 0.3) is 0 Å². The number of nitrogens with one attached hydrogen (secondary N) is 1. The summed E-state index contributed by atoms with van der Waals surface area (Å²) in [6.45, 7) is 1.26. The first-order valence-corrected chi connectivity index (χ1v) is 5.68. The molecule has 0 aliphatic rings. The smallest absolute Gasteiger partial charge is 0.331 e. The van der Waals surface area contributed by atoms with E-state index < -0.39 is 17.4 Å². The zero-order valence-electron chi connectivity index (χ0n) is 10.8. The van der Waals surface area contributed by atoms with Gasteiger partial charge in [0.15, 0.2) is 5.54 Å². The number of carbonyl (C=O) groups excluding carboxylic acids is 1. The van der Waals surface area contributed by atoms with E-state index in [2.05, 4.69) is 5.32 Å². The first-order chi connectivity index (χ1) is 8.87. The molecule has 1 atom stereocenters. The summed E-state index contributed by atoms with van der Waals surface area (Å²) < 4.78 is 4.81. The number of ether oxygens (including phenoxy) is 1. The maximum atomic E-state index is 11.8. The van der Waals surface area contributed by atoms with E-state index in [1.165, 1.54) is 26.2 Å². The lowest BCUT2D eigenvalue weighted by atomic mass is 10.0. The number of hydrogen-bond acceptors (Lipinski definition) is 4. The molecule has 0 heterocycles. The van der Waals surface area contributed by atoms with Crippen molar-refractivity contribution in [2.45, 2.75) is 18.9 Å². The number of methoxy groups -OCH3 is 1. The summed E-state index contributed by atoms with van der Waals surface area (Å²) in [5, 5.41) is 20.6. The van der Waals surface area contributed by atoms with Gasteiger partial charge in [0.05, 0.1) is 13.0 Å². The zero-order valence-corrected chi connectivity index (χ0v) is 10.8. The van der Waals surface area contributed by atoms with Crippen LogP contribution in [0, 0.1) is 0 Å². The SMILES string of the molecule is COCC(C)(NC(=O)Cc1ccc(O)cc1)C(=O)O. The Morgan fingerprint density at radius 1 is 1.32 bits per heavy atom. The molecule has 0 fully saturated rings. The van der Waals surface area contributed by atoms with Gasteiger partial charge in [-0.2, -0.15) is 0 Å². The third-order valence-corrected chi connectivity index (χ3v) is 2.62. The highest BCUT2D eigenvalue weighted by Gasteiger charge is 2.34. The minimum atomic E-state index is -1.46. The molecule has 1 aromatic carbocycles. The average molecular weight is 267 g/mol. The maximum Gasteiger partial charge on any atom is 0.331 e. The van der Waals surface area contributed by atoms with Gasteiger partial charge in [-0.3, -0.25) is 4.79 Å². The van der Waals surface area contributed by atoms with Crippen LogP contribution in [0.4, 0.5) is 0 Å². The molecule has 1 unspecified atom stereocenters. The lowest BCUT2D eigenvalue weighted by Gasteiger charge is -2.25. The number of rotatable bonds is 6. The summed E-state index contributed by atoms with van der Waals surface area (Å²) in [6.07, 6.45) is 0.0346. The second-order valence-corrected chi connectivity index (χ2v) is 4.46. The molecule has 0 saturated carbocycles. The van der Waals surface area contributed by atoms with Crippen LogP contribution in [0.3, 0.4) is 0 Å². The van der Waals surface area contributed by atoms with E-state index in [1.807, 2.05) is 0 Å². The molecule has 0 bridgehead atoms. The standard InChI is InChI=1S/C13H17NO5/c1-13(8-19-2,12(17)18)14-11(16)7-9-3-5-10(15)6-4-9/h3-6,15H,7-8H2,1-2H3,(H,14,16)(H,17,18). The van der Waals surface area contributed by atoms with Crippen LogP contribution in [0.1, 0.15) is 12.5 Å². The highest BCUT2D eigenvalue weighted by molar-refractivity contribution is 5.87. The second-order valence-electron chi connectivity index (χ2n) is 4.46. The third kappa shape index (κ3) is 4.26. The van der Waals surface area contributed by atoms with E-state index in [1.54, 1.807) is 12.1 Å². The Morgan fingerprint density at radius 3 is 2.37 bits per heavy atom. The number of amides is 1. The van der Waals surface area contributed by atoms with E-state index in [0.717, 1.165) is 0 Å². The number of hydrogen-bond donors (Lipinski definition) is 3. The summed E-state index contributed by atoms with van der Waals surface area (Å²) in [5.74, 6) is -1.47. The van der Waals surface area contributed by atoms with Crippen LogP contribution in [-0.2, 0) is 20.7 Å². The molecule has 0 aromatic heterocycles. The van der Waals surface area contributed by atoms with Crippen molar-refractivity contribution in [1.82, 2.24) is 5.32 Å². The number of benzene rings is 1. The lowest BCUT2D eigenvalue weighted by Crippen LogP contribution is -2.55. The Hall–Kier alpha value is -2.08. The molecule has 1 rings (SSSR count). The number of phenolic OH excluding ortho intramolecular Hbond substituents is 1. The zero-order chi connectivity index (χ0) is 14.5. The molecule has 0 spiro atoms. The number of aromatic hydroxyl groups is 1. The predicted octanol–water partition coefficient (Wildman–Crippen LogP) is 0.541. The molecular weight excluding hydrogens is 250 g/mol. The fourth-order valence-corrected chi connectivity index (χ4v) is 1.59. The summed E-state index contributed by atoms with van der Waals surface area (Å²) >= 11 is 0. The van der Waals surface area contributed by atoms with Crippen molar-refractivity contribution in [3.63, 3.8) is 0 Å². The van der Waals surface area contributed by atoms with Crippen LogP contribution in [0.2, 0.25) is 0 Å². The van der Waals surface area contributed by atoms with E-state index in [9.17, 15) is 9.59 Å². The van der Waals surface area contributed by atoms with Gasteiger partial charge in [0, 0.05) is 7.11 Å². The summed E-state index contributed by atoms with van der Waals surface area (Å²) in [7, 11) is 1.37. The van der Waals surface area contributed by atoms with Crippen LogP contribution in [0.15, 0.2) is 24.3 Å². The third-order valence-electron chi connectivity index (χ3n) is 2.62. The van der Waals surface area contributed by atoms with Gasteiger partial charge in [-0.1, -0.05) is 12.1 Å². The van der Waals surface area contributed by atoms with Crippen molar-refractivity contribution in [3.05, 3.63) is 29.8 Å². The topological polar surface area (TPSA) is 95.9 Å².